The summed E-state index contributed by atoms with van der Waals surface area (Å²) < 4.78 is 5.13. The van der Waals surface area contributed by atoms with Gasteiger partial charge in [0.05, 0.1) is 0 Å². The average molecular weight is 278 g/mol. The zero-order chi connectivity index (χ0) is 14.5. The summed E-state index contributed by atoms with van der Waals surface area (Å²) in [5.41, 5.74) is 0. The van der Waals surface area contributed by atoms with Gasteiger partial charge in [0, 0.05) is 26.3 Å². The van der Waals surface area contributed by atoms with Crippen molar-refractivity contribution in [2.75, 3.05) is 24.8 Å². The predicted molar refractivity (Wildman–Crippen MR) is 81.9 cm³/mol. The molecule has 1 aromatic heterocycles. The van der Waals surface area contributed by atoms with Gasteiger partial charge in [-0.05, 0) is 18.3 Å². The molecule has 1 aliphatic rings. The third-order valence-corrected chi connectivity index (χ3v) is 4.34. The molecule has 0 amide bonds. The van der Waals surface area contributed by atoms with Crippen molar-refractivity contribution in [2.45, 2.75) is 45.8 Å². The van der Waals surface area contributed by atoms with E-state index in [9.17, 15) is 0 Å². The maximum Gasteiger partial charge on any atom is 0.158 e. The molecule has 0 aromatic carbocycles. The van der Waals surface area contributed by atoms with Gasteiger partial charge in [0.15, 0.2) is 5.82 Å². The van der Waals surface area contributed by atoms with Crippen LogP contribution in [0.4, 0.5) is 11.6 Å². The molecule has 1 fully saturated rings. The van der Waals surface area contributed by atoms with Crippen molar-refractivity contribution in [2.24, 2.45) is 11.8 Å². The van der Waals surface area contributed by atoms with Crippen LogP contribution in [0.1, 0.15) is 38.9 Å². The van der Waals surface area contributed by atoms with Crippen LogP contribution in [0.15, 0.2) is 6.07 Å². The van der Waals surface area contributed by atoms with E-state index in [-0.39, 0.29) is 0 Å². The first-order valence-electron chi connectivity index (χ1n) is 7.45. The molecule has 1 saturated carbocycles. The van der Waals surface area contributed by atoms with Crippen LogP contribution in [0.2, 0.25) is 0 Å². The third kappa shape index (κ3) is 3.60. The van der Waals surface area contributed by atoms with Crippen LogP contribution in [-0.2, 0) is 11.3 Å². The van der Waals surface area contributed by atoms with Crippen molar-refractivity contribution in [3.8, 4) is 0 Å². The zero-order valence-electron chi connectivity index (χ0n) is 12.9. The summed E-state index contributed by atoms with van der Waals surface area (Å²) in [6.07, 6.45) is 3.84. The number of hydrogen-bond acceptors (Lipinski definition) is 5. The molecule has 1 aliphatic carbocycles. The topological polar surface area (TPSA) is 59.1 Å². The Kier molecular flexibility index (Phi) is 5.17. The van der Waals surface area contributed by atoms with E-state index < -0.39 is 0 Å². The highest BCUT2D eigenvalue weighted by atomic mass is 16.5. The number of hydrogen-bond donors (Lipinski definition) is 2. The monoisotopic (exact) mass is 278 g/mol. The fourth-order valence-corrected chi connectivity index (χ4v) is 2.87. The van der Waals surface area contributed by atoms with Gasteiger partial charge in [-0.1, -0.05) is 26.7 Å². The van der Waals surface area contributed by atoms with Crippen LogP contribution in [0, 0.1) is 11.8 Å². The van der Waals surface area contributed by atoms with Gasteiger partial charge in [0.2, 0.25) is 0 Å². The molecule has 112 valence electrons. The van der Waals surface area contributed by atoms with Crippen LogP contribution >= 0.6 is 0 Å². The first-order valence-corrected chi connectivity index (χ1v) is 7.45. The molecule has 3 atom stereocenters. The lowest BCUT2D eigenvalue weighted by molar-refractivity contribution is 0.178. The first kappa shape index (κ1) is 15.0. The van der Waals surface area contributed by atoms with E-state index in [1.807, 2.05) is 13.1 Å². The van der Waals surface area contributed by atoms with Gasteiger partial charge in [-0.25, -0.2) is 9.97 Å². The largest absolute Gasteiger partial charge is 0.377 e. The SMILES string of the molecule is CNc1cc(NC2CCCC(C)C2C)nc(COC)n1. The van der Waals surface area contributed by atoms with E-state index in [0.29, 0.717) is 24.4 Å². The maximum absolute atomic E-state index is 5.13. The Morgan fingerprint density at radius 1 is 1.25 bits per heavy atom. The number of nitrogens with zero attached hydrogens (tertiary/aromatic N) is 2. The summed E-state index contributed by atoms with van der Waals surface area (Å²) in [5.74, 6) is 3.86. The number of methoxy groups -OCH3 is 1. The number of aromatic nitrogens is 2. The Bertz CT molecular complexity index is 438. The van der Waals surface area contributed by atoms with Gasteiger partial charge in [0.25, 0.3) is 0 Å². The summed E-state index contributed by atoms with van der Waals surface area (Å²) in [7, 11) is 3.53. The second-order valence-corrected chi connectivity index (χ2v) is 5.76. The maximum atomic E-state index is 5.13. The molecule has 0 spiro atoms. The van der Waals surface area contributed by atoms with Gasteiger partial charge >= 0.3 is 0 Å². The Hall–Kier alpha value is -1.36. The molecule has 2 rings (SSSR count). The molecule has 1 heterocycles. The molecule has 0 bridgehead atoms. The van der Waals surface area contributed by atoms with Crippen molar-refractivity contribution in [1.82, 2.24) is 9.97 Å². The van der Waals surface area contributed by atoms with Crippen molar-refractivity contribution >= 4 is 11.6 Å². The van der Waals surface area contributed by atoms with Crippen LogP contribution < -0.4 is 10.6 Å². The van der Waals surface area contributed by atoms with Gasteiger partial charge in [0.1, 0.15) is 18.2 Å². The standard InChI is InChI=1S/C15H26N4O/c1-10-6-5-7-12(11(10)2)17-14-8-13(16-3)18-15(19-14)9-20-4/h8,10-12H,5-7,9H2,1-4H3,(H2,16,17,18,19). The number of nitrogens with one attached hydrogen (secondary N) is 2. The predicted octanol–water partition coefficient (Wildman–Crippen LogP) is 2.90. The lowest BCUT2D eigenvalue weighted by atomic mass is 9.78. The third-order valence-electron chi connectivity index (χ3n) is 4.34. The van der Waals surface area contributed by atoms with E-state index in [1.54, 1.807) is 7.11 Å². The molecule has 20 heavy (non-hydrogen) atoms. The van der Waals surface area contributed by atoms with Gasteiger partial charge in [-0.2, -0.15) is 0 Å². The lowest BCUT2D eigenvalue weighted by Gasteiger charge is -2.35. The minimum atomic E-state index is 0.431. The molecule has 2 N–H and O–H groups in total. The van der Waals surface area contributed by atoms with Gasteiger partial charge in [-0.3, -0.25) is 0 Å². The quantitative estimate of drug-likeness (QED) is 0.867. The molecule has 5 nitrogen and oxygen atoms in total. The highest BCUT2D eigenvalue weighted by Gasteiger charge is 2.27. The summed E-state index contributed by atoms with van der Waals surface area (Å²) in [5, 5.41) is 6.66. The molecule has 0 radical (unpaired) electrons. The minimum Gasteiger partial charge on any atom is -0.377 e. The molecular weight excluding hydrogens is 252 g/mol. The van der Waals surface area contributed by atoms with E-state index in [2.05, 4.69) is 34.4 Å². The fourth-order valence-electron chi connectivity index (χ4n) is 2.87. The van der Waals surface area contributed by atoms with Gasteiger partial charge in [-0.15, -0.1) is 0 Å². The van der Waals surface area contributed by atoms with Crippen LogP contribution in [-0.4, -0.2) is 30.2 Å². The van der Waals surface area contributed by atoms with Crippen molar-refractivity contribution in [3.63, 3.8) is 0 Å². The molecule has 3 unspecified atom stereocenters. The second kappa shape index (κ2) is 6.88. The number of rotatable bonds is 5. The Morgan fingerprint density at radius 2 is 2.00 bits per heavy atom. The summed E-state index contributed by atoms with van der Waals surface area (Å²) in [6, 6.07) is 2.46. The summed E-state index contributed by atoms with van der Waals surface area (Å²) in [4.78, 5) is 8.92. The Labute approximate surface area is 121 Å². The highest BCUT2D eigenvalue weighted by molar-refractivity contribution is 5.47. The Balaban J connectivity index is 2.13. The number of ether oxygens (including phenoxy) is 1. The molecule has 1 aromatic rings. The lowest BCUT2D eigenvalue weighted by Crippen LogP contribution is -2.35. The fraction of sp³-hybridized carbons (Fsp3) is 0.733. The van der Waals surface area contributed by atoms with E-state index in [0.717, 1.165) is 17.6 Å². The van der Waals surface area contributed by atoms with Crippen molar-refractivity contribution < 1.29 is 4.74 Å². The highest BCUT2D eigenvalue weighted by Crippen LogP contribution is 2.31. The Morgan fingerprint density at radius 3 is 2.70 bits per heavy atom. The molecule has 0 aliphatic heterocycles. The molecule has 5 heteroatoms. The van der Waals surface area contributed by atoms with Crippen molar-refractivity contribution in [1.29, 1.82) is 0 Å². The normalized spacial score (nSPS) is 26.3. The van der Waals surface area contributed by atoms with E-state index >= 15 is 0 Å². The molecular formula is C15H26N4O. The smallest absolute Gasteiger partial charge is 0.158 e. The zero-order valence-corrected chi connectivity index (χ0v) is 12.9. The van der Waals surface area contributed by atoms with Crippen LogP contribution in [0.25, 0.3) is 0 Å². The van der Waals surface area contributed by atoms with E-state index in [4.69, 9.17) is 4.74 Å². The summed E-state index contributed by atoms with van der Waals surface area (Å²) >= 11 is 0. The van der Waals surface area contributed by atoms with Crippen LogP contribution in [0.3, 0.4) is 0 Å². The van der Waals surface area contributed by atoms with Crippen LogP contribution in [0.5, 0.6) is 0 Å². The van der Waals surface area contributed by atoms with Gasteiger partial charge < -0.3 is 15.4 Å². The first-order chi connectivity index (χ1) is 9.63. The average Bonchev–Trinajstić information content (AvgIpc) is 2.44. The number of anilines is 2. The second-order valence-electron chi connectivity index (χ2n) is 5.76. The minimum absolute atomic E-state index is 0.431. The van der Waals surface area contributed by atoms with E-state index in [1.165, 1.54) is 19.3 Å². The summed E-state index contributed by atoms with van der Waals surface area (Å²) in [6.45, 7) is 5.10. The van der Waals surface area contributed by atoms with Crippen molar-refractivity contribution in [3.05, 3.63) is 11.9 Å². The molecule has 0 saturated heterocycles.